The summed E-state index contributed by atoms with van der Waals surface area (Å²) in [6.45, 7) is 11.2. The molecule has 76 valence electrons. The number of hydrogen-bond acceptors (Lipinski definition) is 1. The maximum atomic E-state index is 3.98. The van der Waals surface area contributed by atoms with E-state index in [1.54, 1.807) is 0 Å². The Bertz CT molecular complexity index is 326. The number of anilines is 1. The van der Waals surface area contributed by atoms with E-state index in [1.165, 1.54) is 22.4 Å². The molecule has 14 heavy (non-hydrogen) atoms. The van der Waals surface area contributed by atoms with E-state index in [4.69, 9.17) is 0 Å². The standard InChI is InChI=1S/C13H19N/c1-5-10(2)9-14-13-8-11(3)6-7-12(13)4/h6-8,14H,2,5,9H2,1,3-4H3. The molecule has 1 N–H and O–H groups in total. The highest BCUT2D eigenvalue weighted by Gasteiger charge is 1.97. The van der Waals surface area contributed by atoms with Gasteiger partial charge in [-0.05, 0) is 37.5 Å². The minimum Gasteiger partial charge on any atom is -0.381 e. The van der Waals surface area contributed by atoms with Crippen molar-refractivity contribution in [3.05, 3.63) is 41.5 Å². The van der Waals surface area contributed by atoms with Crippen LogP contribution >= 0.6 is 0 Å². The molecule has 0 bridgehead atoms. The van der Waals surface area contributed by atoms with Crippen LogP contribution in [0.15, 0.2) is 30.4 Å². The Hall–Kier alpha value is -1.24. The Morgan fingerprint density at radius 3 is 2.71 bits per heavy atom. The van der Waals surface area contributed by atoms with Gasteiger partial charge < -0.3 is 5.32 Å². The lowest BCUT2D eigenvalue weighted by Crippen LogP contribution is -2.04. The number of hydrogen-bond donors (Lipinski definition) is 1. The topological polar surface area (TPSA) is 12.0 Å². The average Bonchev–Trinajstić information content (AvgIpc) is 2.19. The molecule has 1 rings (SSSR count). The molecule has 0 radical (unpaired) electrons. The van der Waals surface area contributed by atoms with Crippen LogP contribution in [0.4, 0.5) is 5.69 Å². The Morgan fingerprint density at radius 2 is 2.07 bits per heavy atom. The van der Waals surface area contributed by atoms with E-state index < -0.39 is 0 Å². The summed E-state index contributed by atoms with van der Waals surface area (Å²) < 4.78 is 0. The van der Waals surface area contributed by atoms with Gasteiger partial charge in [-0.2, -0.15) is 0 Å². The summed E-state index contributed by atoms with van der Waals surface area (Å²) in [5.41, 5.74) is 5.05. The van der Waals surface area contributed by atoms with Crippen LogP contribution < -0.4 is 5.32 Å². The van der Waals surface area contributed by atoms with Crippen LogP contribution in [0.3, 0.4) is 0 Å². The van der Waals surface area contributed by atoms with Gasteiger partial charge in [0.2, 0.25) is 0 Å². The quantitative estimate of drug-likeness (QED) is 0.712. The first-order valence-corrected chi connectivity index (χ1v) is 5.11. The van der Waals surface area contributed by atoms with Gasteiger partial charge in [-0.25, -0.2) is 0 Å². The fourth-order valence-corrected chi connectivity index (χ4v) is 1.27. The molecule has 0 spiro atoms. The van der Waals surface area contributed by atoms with Crippen molar-refractivity contribution in [3.63, 3.8) is 0 Å². The zero-order valence-electron chi connectivity index (χ0n) is 9.35. The van der Waals surface area contributed by atoms with Crippen molar-refractivity contribution in [1.82, 2.24) is 0 Å². The summed E-state index contributed by atoms with van der Waals surface area (Å²) in [6.07, 6.45) is 1.04. The molecule has 0 aliphatic heterocycles. The minimum absolute atomic E-state index is 0.876. The summed E-state index contributed by atoms with van der Waals surface area (Å²) in [5, 5.41) is 3.40. The molecule has 0 saturated heterocycles. The first kappa shape index (κ1) is 10.8. The zero-order chi connectivity index (χ0) is 10.6. The summed E-state index contributed by atoms with van der Waals surface area (Å²) in [4.78, 5) is 0. The Labute approximate surface area is 86.8 Å². The SMILES string of the molecule is C=C(CC)CNc1cc(C)ccc1C. The predicted octanol–water partition coefficient (Wildman–Crippen LogP) is 3.68. The van der Waals surface area contributed by atoms with Gasteiger partial charge in [0.15, 0.2) is 0 Å². The third-order valence-electron chi connectivity index (χ3n) is 2.42. The summed E-state index contributed by atoms with van der Waals surface area (Å²) >= 11 is 0. The van der Waals surface area contributed by atoms with Crippen molar-refractivity contribution in [1.29, 1.82) is 0 Å². The molecule has 0 atom stereocenters. The van der Waals surface area contributed by atoms with Gasteiger partial charge in [-0.3, -0.25) is 0 Å². The lowest BCUT2D eigenvalue weighted by Gasteiger charge is -2.11. The van der Waals surface area contributed by atoms with Crippen molar-refractivity contribution >= 4 is 5.69 Å². The third kappa shape index (κ3) is 2.91. The average molecular weight is 189 g/mol. The summed E-state index contributed by atoms with van der Waals surface area (Å²) in [5.74, 6) is 0. The van der Waals surface area contributed by atoms with E-state index in [2.05, 4.69) is 50.9 Å². The van der Waals surface area contributed by atoms with Crippen molar-refractivity contribution in [2.45, 2.75) is 27.2 Å². The molecular weight excluding hydrogens is 170 g/mol. The maximum absolute atomic E-state index is 3.98. The molecule has 1 aromatic rings. The second-order valence-electron chi connectivity index (χ2n) is 3.78. The molecule has 0 amide bonds. The predicted molar refractivity (Wildman–Crippen MR) is 63.8 cm³/mol. The minimum atomic E-state index is 0.876. The van der Waals surface area contributed by atoms with Crippen LogP contribution in [-0.2, 0) is 0 Å². The van der Waals surface area contributed by atoms with Gasteiger partial charge in [0.1, 0.15) is 0 Å². The largest absolute Gasteiger partial charge is 0.381 e. The van der Waals surface area contributed by atoms with Crippen molar-refractivity contribution in [3.8, 4) is 0 Å². The zero-order valence-corrected chi connectivity index (χ0v) is 9.35. The molecule has 0 aliphatic rings. The first-order valence-electron chi connectivity index (χ1n) is 5.11. The van der Waals surface area contributed by atoms with E-state index in [9.17, 15) is 0 Å². The van der Waals surface area contributed by atoms with Crippen LogP contribution in [-0.4, -0.2) is 6.54 Å². The smallest absolute Gasteiger partial charge is 0.0375 e. The first-order chi connectivity index (χ1) is 6.63. The van der Waals surface area contributed by atoms with Gasteiger partial charge in [-0.1, -0.05) is 31.2 Å². The van der Waals surface area contributed by atoms with Crippen molar-refractivity contribution < 1.29 is 0 Å². The molecule has 1 nitrogen and oxygen atoms in total. The highest BCUT2D eigenvalue weighted by atomic mass is 14.9. The van der Waals surface area contributed by atoms with Crippen LogP contribution in [0.2, 0.25) is 0 Å². The molecule has 0 saturated carbocycles. The lowest BCUT2D eigenvalue weighted by molar-refractivity contribution is 1.05. The Kier molecular flexibility index (Phi) is 3.75. The molecular formula is C13H19N. The number of rotatable bonds is 4. The van der Waals surface area contributed by atoms with Crippen LogP contribution in [0.5, 0.6) is 0 Å². The third-order valence-corrected chi connectivity index (χ3v) is 2.42. The molecule has 1 aromatic carbocycles. The highest BCUT2D eigenvalue weighted by Crippen LogP contribution is 2.16. The number of aryl methyl sites for hydroxylation is 2. The molecule has 1 heteroatoms. The molecule has 0 aliphatic carbocycles. The monoisotopic (exact) mass is 189 g/mol. The molecule has 0 aromatic heterocycles. The Morgan fingerprint density at radius 1 is 1.36 bits per heavy atom. The fourth-order valence-electron chi connectivity index (χ4n) is 1.27. The number of nitrogens with one attached hydrogen (secondary N) is 1. The highest BCUT2D eigenvalue weighted by molar-refractivity contribution is 5.53. The second-order valence-corrected chi connectivity index (χ2v) is 3.78. The van der Waals surface area contributed by atoms with E-state index in [1.807, 2.05) is 0 Å². The molecule has 0 unspecified atom stereocenters. The summed E-state index contributed by atoms with van der Waals surface area (Å²) in [7, 11) is 0. The van der Waals surface area contributed by atoms with E-state index in [0.29, 0.717) is 0 Å². The van der Waals surface area contributed by atoms with E-state index in [-0.39, 0.29) is 0 Å². The normalized spacial score (nSPS) is 9.93. The van der Waals surface area contributed by atoms with E-state index >= 15 is 0 Å². The second kappa shape index (κ2) is 4.85. The van der Waals surface area contributed by atoms with Gasteiger partial charge in [0.25, 0.3) is 0 Å². The summed E-state index contributed by atoms with van der Waals surface area (Å²) in [6, 6.07) is 6.46. The van der Waals surface area contributed by atoms with Crippen LogP contribution in [0.1, 0.15) is 24.5 Å². The molecule has 0 heterocycles. The van der Waals surface area contributed by atoms with Gasteiger partial charge >= 0.3 is 0 Å². The van der Waals surface area contributed by atoms with Crippen LogP contribution in [0.25, 0.3) is 0 Å². The molecule has 0 fully saturated rings. The van der Waals surface area contributed by atoms with Crippen LogP contribution in [0, 0.1) is 13.8 Å². The van der Waals surface area contributed by atoms with Crippen molar-refractivity contribution in [2.75, 3.05) is 11.9 Å². The van der Waals surface area contributed by atoms with Gasteiger partial charge in [-0.15, -0.1) is 0 Å². The fraction of sp³-hybridized carbons (Fsp3) is 0.385. The van der Waals surface area contributed by atoms with E-state index in [0.717, 1.165) is 13.0 Å². The van der Waals surface area contributed by atoms with Crippen molar-refractivity contribution in [2.24, 2.45) is 0 Å². The van der Waals surface area contributed by atoms with Gasteiger partial charge in [0.05, 0.1) is 0 Å². The maximum Gasteiger partial charge on any atom is 0.0375 e. The number of benzene rings is 1. The Balaban J connectivity index is 2.66. The lowest BCUT2D eigenvalue weighted by atomic mass is 10.1. The van der Waals surface area contributed by atoms with Gasteiger partial charge in [0, 0.05) is 12.2 Å².